The van der Waals surface area contributed by atoms with E-state index >= 15 is 0 Å². The van der Waals surface area contributed by atoms with Crippen LogP contribution in [-0.2, 0) is 4.74 Å². The summed E-state index contributed by atoms with van der Waals surface area (Å²) in [5.74, 6) is 1.89. The van der Waals surface area contributed by atoms with E-state index in [2.05, 4.69) is 12.2 Å². The molecule has 0 aromatic heterocycles. The highest BCUT2D eigenvalue weighted by Gasteiger charge is 2.25. The molecule has 1 N–H and O–H groups in total. The minimum absolute atomic E-state index is 0.516. The first-order valence-electron chi connectivity index (χ1n) is 7.04. The van der Waals surface area contributed by atoms with Gasteiger partial charge in [-0.1, -0.05) is 19.8 Å². The van der Waals surface area contributed by atoms with Crippen LogP contribution in [0.15, 0.2) is 0 Å². The van der Waals surface area contributed by atoms with E-state index in [0.717, 1.165) is 17.9 Å². The molecule has 2 saturated carbocycles. The molecular weight excluding hydrogens is 198 g/mol. The fraction of sp³-hybridized carbons (Fsp3) is 1.00. The molecule has 0 radical (unpaired) electrons. The predicted molar refractivity (Wildman–Crippen MR) is 67.6 cm³/mol. The van der Waals surface area contributed by atoms with E-state index in [9.17, 15) is 0 Å². The molecule has 0 amide bonds. The quantitative estimate of drug-likeness (QED) is 0.794. The molecule has 94 valence electrons. The molecule has 0 bridgehead atoms. The van der Waals surface area contributed by atoms with Crippen LogP contribution < -0.4 is 5.32 Å². The van der Waals surface area contributed by atoms with Crippen LogP contribution in [0.3, 0.4) is 0 Å². The molecule has 2 rings (SSSR count). The van der Waals surface area contributed by atoms with Gasteiger partial charge in [0, 0.05) is 13.2 Å². The third kappa shape index (κ3) is 3.46. The first-order valence-corrected chi connectivity index (χ1v) is 7.04. The van der Waals surface area contributed by atoms with E-state index in [-0.39, 0.29) is 0 Å². The zero-order chi connectivity index (χ0) is 11.4. The zero-order valence-electron chi connectivity index (χ0n) is 10.9. The van der Waals surface area contributed by atoms with Gasteiger partial charge in [0.1, 0.15) is 0 Å². The van der Waals surface area contributed by atoms with Gasteiger partial charge in [0.05, 0.1) is 6.10 Å². The Hall–Kier alpha value is -0.0800. The molecule has 0 heterocycles. The molecule has 2 nitrogen and oxygen atoms in total. The fourth-order valence-electron chi connectivity index (χ4n) is 3.42. The summed E-state index contributed by atoms with van der Waals surface area (Å²) in [6, 6.07) is 0.724. The molecule has 2 aliphatic carbocycles. The summed E-state index contributed by atoms with van der Waals surface area (Å²) in [6.07, 6.45) is 10.1. The molecule has 4 unspecified atom stereocenters. The average molecular weight is 225 g/mol. The number of hydrogen-bond donors (Lipinski definition) is 1. The van der Waals surface area contributed by atoms with E-state index in [1.54, 1.807) is 0 Å². The lowest BCUT2D eigenvalue weighted by molar-refractivity contribution is 0.106. The molecule has 0 saturated heterocycles. The molecule has 4 atom stereocenters. The van der Waals surface area contributed by atoms with Crippen molar-refractivity contribution in [3.8, 4) is 0 Å². The van der Waals surface area contributed by atoms with E-state index < -0.39 is 0 Å². The van der Waals surface area contributed by atoms with Gasteiger partial charge < -0.3 is 10.1 Å². The lowest BCUT2D eigenvalue weighted by Crippen LogP contribution is -2.33. The Labute approximate surface area is 100 Å². The van der Waals surface area contributed by atoms with Crippen molar-refractivity contribution >= 4 is 0 Å². The molecule has 0 aromatic carbocycles. The van der Waals surface area contributed by atoms with Crippen LogP contribution in [0.25, 0.3) is 0 Å². The molecule has 0 aromatic rings. The summed E-state index contributed by atoms with van der Waals surface area (Å²) in [4.78, 5) is 0. The first kappa shape index (κ1) is 12.4. The molecule has 0 spiro atoms. The second kappa shape index (κ2) is 6.02. The van der Waals surface area contributed by atoms with Gasteiger partial charge >= 0.3 is 0 Å². The van der Waals surface area contributed by atoms with Crippen molar-refractivity contribution in [3.63, 3.8) is 0 Å². The van der Waals surface area contributed by atoms with Gasteiger partial charge in [0.25, 0.3) is 0 Å². The van der Waals surface area contributed by atoms with Crippen LogP contribution in [-0.4, -0.2) is 25.8 Å². The van der Waals surface area contributed by atoms with Gasteiger partial charge in [-0.2, -0.15) is 0 Å². The summed E-state index contributed by atoms with van der Waals surface area (Å²) < 4.78 is 5.41. The molecule has 2 aliphatic rings. The Morgan fingerprint density at radius 3 is 2.69 bits per heavy atom. The summed E-state index contributed by atoms with van der Waals surface area (Å²) in [7, 11) is 1.84. The molecule has 16 heavy (non-hydrogen) atoms. The van der Waals surface area contributed by atoms with Crippen molar-refractivity contribution in [1.82, 2.24) is 5.32 Å². The van der Waals surface area contributed by atoms with Crippen molar-refractivity contribution in [2.24, 2.45) is 11.8 Å². The first-order chi connectivity index (χ1) is 7.78. The Balaban J connectivity index is 1.64. The molecule has 2 fully saturated rings. The normalized spacial score (nSPS) is 40.1. The van der Waals surface area contributed by atoms with Crippen LogP contribution in [0.4, 0.5) is 0 Å². The minimum Gasteiger partial charge on any atom is -0.381 e. The van der Waals surface area contributed by atoms with Gasteiger partial charge in [-0.15, -0.1) is 0 Å². The number of nitrogens with one attached hydrogen (secondary N) is 1. The van der Waals surface area contributed by atoms with Crippen LogP contribution in [0, 0.1) is 11.8 Å². The Bertz CT molecular complexity index is 207. The Kier molecular flexibility index (Phi) is 4.66. The molecular formula is C14H27NO. The molecule has 0 aliphatic heterocycles. The summed E-state index contributed by atoms with van der Waals surface area (Å²) in [6.45, 7) is 3.65. The highest BCUT2D eigenvalue weighted by atomic mass is 16.5. The van der Waals surface area contributed by atoms with Gasteiger partial charge in [0.15, 0.2) is 0 Å². The zero-order valence-corrected chi connectivity index (χ0v) is 10.9. The lowest BCUT2D eigenvalue weighted by Gasteiger charge is -2.28. The summed E-state index contributed by atoms with van der Waals surface area (Å²) in [5, 5.41) is 3.76. The minimum atomic E-state index is 0.516. The van der Waals surface area contributed by atoms with E-state index in [4.69, 9.17) is 4.74 Å². The van der Waals surface area contributed by atoms with Crippen molar-refractivity contribution < 1.29 is 4.74 Å². The smallest absolute Gasteiger partial charge is 0.0586 e. The van der Waals surface area contributed by atoms with Crippen LogP contribution in [0.5, 0.6) is 0 Å². The molecule has 2 heteroatoms. The van der Waals surface area contributed by atoms with E-state index in [1.165, 1.54) is 51.5 Å². The van der Waals surface area contributed by atoms with Crippen LogP contribution >= 0.6 is 0 Å². The maximum atomic E-state index is 5.41. The number of rotatable bonds is 4. The highest BCUT2D eigenvalue weighted by molar-refractivity contribution is 4.82. The van der Waals surface area contributed by atoms with Gasteiger partial charge in [-0.25, -0.2) is 0 Å². The second-order valence-corrected chi connectivity index (χ2v) is 5.91. The monoisotopic (exact) mass is 225 g/mol. The SMILES string of the molecule is COC1CCC(NCC2CCCC(C)C2)C1. The van der Waals surface area contributed by atoms with Gasteiger partial charge in [-0.3, -0.25) is 0 Å². The van der Waals surface area contributed by atoms with Gasteiger partial charge in [-0.05, 0) is 50.5 Å². The lowest BCUT2D eigenvalue weighted by atomic mass is 9.82. The van der Waals surface area contributed by atoms with E-state index in [1.807, 2.05) is 7.11 Å². The van der Waals surface area contributed by atoms with Crippen LogP contribution in [0.2, 0.25) is 0 Å². The van der Waals surface area contributed by atoms with Crippen molar-refractivity contribution in [2.45, 2.75) is 64.0 Å². The fourth-order valence-corrected chi connectivity index (χ4v) is 3.42. The number of ether oxygens (including phenoxy) is 1. The standard InChI is InChI=1S/C14H27NO/c1-11-4-3-5-12(8-11)10-15-13-6-7-14(9-13)16-2/h11-15H,3-10H2,1-2H3. The third-order valence-electron chi connectivity index (χ3n) is 4.46. The van der Waals surface area contributed by atoms with Crippen molar-refractivity contribution in [2.75, 3.05) is 13.7 Å². The largest absolute Gasteiger partial charge is 0.381 e. The van der Waals surface area contributed by atoms with Crippen molar-refractivity contribution in [1.29, 1.82) is 0 Å². The maximum absolute atomic E-state index is 5.41. The predicted octanol–water partition coefficient (Wildman–Crippen LogP) is 2.97. The number of hydrogen-bond acceptors (Lipinski definition) is 2. The maximum Gasteiger partial charge on any atom is 0.0586 e. The summed E-state index contributed by atoms with van der Waals surface area (Å²) >= 11 is 0. The number of methoxy groups -OCH3 is 1. The average Bonchev–Trinajstić information content (AvgIpc) is 2.74. The third-order valence-corrected chi connectivity index (χ3v) is 4.46. The van der Waals surface area contributed by atoms with Crippen molar-refractivity contribution in [3.05, 3.63) is 0 Å². The second-order valence-electron chi connectivity index (χ2n) is 5.91. The summed E-state index contributed by atoms with van der Waals surface area (Å²) in [5.41, 5.74) is 0. The van der Waals surface area contributed by atoms with Gasteiger partial charge in [0.2, 0.25) is 0 Å². The van der Waals surface area contributed by atoms with Crippen LogP contribution in [0.1, 0.15) is 51.9 Å². The Morgan fingerprint density at radius 2 is 2.00 bits per heavy atom. The Morgan fingerprint density at radius 1 is 1.12 bits per heavy atom. The van der Waals surface area contributed by atoms with E-state index in [0.29, 0.717) is 6.10 Å². The highest BCUT2D eigenvalue weighted by Crippen LogP contribution is 2.29. The topological polar surface area (TPSA) is 21.3 Å².